The summed E-state index contributed by atoms with van der Waals surface area (Å²) >= 11 is 0. The molecule has 0 amide bonds. The van der Waals surface area contributed by atoms with Crippen molar-refractivity contribution < 1.29 is 20.6 Å². The molecule has 0 aliphatic heterocycles. The van der Waals surface area contributed by atoms with Crippen LogP contribution in [-0.2, 0) is 0 Å². The fourth-order valence-electron chi connectivity index (χ4n) is 7.26. The van der Waals surface area contributed by atoms with Gasteiger partial charge in [-0.05, 0) is 108 Å². The zero-order valence-electron chi connectivity index (χ0n) is 42.9. The van der Waals surface area contributed by atoms with Gasteiger partial charge in [0.1, 0.15) is 5.82 Å². The van der Waals surface area contributed by atoms with Crippen molar-refractivity contribution in [1.29, 1.82) is 0 Å². The monoisotopic (exact) mass is 689 g/mol. The van der Waals surface area contributed by atoms with Crippen molar-refractivity contribution in [3.05, 3.63) is 206 Å². The summed E-state index contributed by atoms with van der Waals surface area (Å²) in [6.07, 6.45) is 0. The quantitative estimate of drug-likeness (QED) is 0.159. The van der Waals surface area contributed by atoms with Gasteiger partial charge in [-0.3, -0.25) is 4.57 Å². The summed E-state index contributed by atoms with van der Waals surface area (Å²) in [6.45, 7) is 0. The van der Waals surface area contributed by atoms with E-state index in [1.807, 2.05) is 78.9 Å². The minimum absolute atomic E-state index is 0.0616. The first-order chi connectivity index (χ1) is 32.5. The predicted molar refractivity (Wildman–Crippen MR) is 223 cm³/mol. The molecule has 53 heavy (non-hydrogen) atoms. The Morgan fingerprint density at radius 2 is 0.849 bits per heavy atom. The Balaban J connectivity index is 1.31. The second-order valence-corrected chi connectivity index (χ2v) is 12.4. The highest BCUT2D eigenvalue weighted by atomic mass is 15.1. The normalized spacial score (nSPS) is 15.4. The number of nitrogens with zero attached hydrogens (tertiary/aromatic N) is 2. The molecule has 10 rings (SSSR count). The lowest BCUT2D eigenvalue weighted by Crippen LogP contribution is -1.99. The molecule has 0 saturated carbocycles. The minimum atomic E-state index is -0.581. The van der Waals surface area contributed by atoms with Gasteiger partial charge >= 0.3 is 0 Å². The molecule has 2 heteroatoms. The first kappa shape index (κ1) is 19.0. The summed E-state index contributed by atoms with van der Waals surface area (Å²) < 4.78 is 132. The molecule has 9 aromatic carbocycles. The summed E-state index contributed by atoms with van der Waals surface area (Å²) in [5.41, 5.74) is 4.21. The lowest BCUT2D eigenvalue weighted by molar-refractivity contribution is 1.10. The highest BCUT2D eigenvalue weighted by Crippen LogP contribution is 2.47. The van der Waals surface area contributed by atoms with Crippen LogP contribution in [0.25, 0.3) is 94.2 Å². The maximum atomic E-state index is 9.02. The van der Waals surface area contributed by atoms with Crippen LogP contribution in [0.2, 0.25) is 0 Å². The lowest BCUT2D eigenvalue weighted by atomic mass is 9.83. The molecule has 0 saturated heterocycles. The average molecular weight is 690 g/mol. The minimum Gasteiger partial charge on any atom is -0.292 e. The molecule has 0 aliphatic carbocycles. The fraction of sp³-hybridized carbons (Fsp3) is 0. The van der Waals surface area contributed by atoms with Crippen molar-refractivity contribution in [2.45, 2.75) is 0 Å². The topological polar surface area (TPSA) is 17.8 Å². The van der Waals surface area contributed by atoms with Crippen LogP contribution >= 0.6 is 0 Å². The molecule has 1 heterocycles. The Morgan fingerprint density at radius 3 is 1.43 bits per heavy atom. The molecule has 0 atom stereocenters. The number of benzene rings is 9. The molecular formula is C51H34N2. The second kappa shape index (κ2) is 12.9. The van der Waals surface area contributed by atoms with Gasteiger partial charge in [0, 0.05) is 11.3 Å². The van der Waals surface area contributed by atoms with E-state index in [1.54, 1.807) is 34.9 Å². The predicted octanol–water partition coefficient (Wildman–Crippen LogP) is 13.7. The molecule has 1 aromatic heterocycles. The van der Waals surface area contributed by atoms with E-state index >= 15 is 0 Å². The number of aromatic nitrogens is 2. The summed E-state index contributed by atoms with van der Waals surface area (Å²) in [7, 11) is 0. The largest absolute Gasteiger partial charge is 0.292 e. The van der Waals surface area contributed by atoms with Crippen LogP contribution in [0.4, 0.5) is 0 Å². The molecular weight excluding hydrogens is 641 g/mol. The lowest BCUT2D eigenvalue weighted by Gasteiger charge is -2.20. The molecule has 0 aliphatic rings. The molecule has 0 N–H and O–H groups in total. The zero-order chi connectivity index (χ0) is 48.2. The van der Waals surface area contributed by atoms with Gasteiger partial charge in [-0.25, -0.2) is 4.98 Å². The fourth-order valence-corrected chi connectivity index (χ4v) is 7.26. The Labute approximate surface area is 330 Å². The van der Waals surface area contributed by atoms with Crippen LogP contribution in [-0.4, -0.2) is 9.55 Å². The molecule has 2 nitrogen and oxygen atoms in total. The third-order valence-corrected chi connectivity index (χ3v) is 9.44. The Bertz CT molecular complexity index is 3590. The van der Waals surface area contributed by atoms with Crippen molar-refractivity contribution in [1.82, 2.24) is 9.55 Å². The van der Waals surface area contributed by atoms with Crippen molar-refractivity contribution in [2.24, 2.45) is 0 Å². The Hall–Kier alpha value is -7.03. The molecule has 0 bridgehead atoms. The molecule has 248 valence electrons. The van der Waals surface area contributed by atoms with E-state index in [9.17, 15) is 0 Å². The van der Waals surface area contributed by atoms with Gasteiger partial charge in [0.2, 0.25) is 0 Å². The number of rotatable bonds is 6. The molecule has 0 fully saturated rings. The van der Waals surface area contributed by atoms with Crippen LogP contribution in [0.5, 0.6) is 0 Å². The first-order valence-corrected chi connectivity index (χ1v) is 16.9. The highest BCUT2D eigenvalue weighted by molar-refractivity contribution is 6.22. The average Bonchev–Trinajstić information content (AvgIpc) is 3.73. The summed E-state index contributed by atoms with van der Waals surface area (Å²) in [4.78, 5) is 5.06. The molecule has 10 aromatic rings. The number of hydrogen-bond acceptors (Lipinski definition) is 1. The summed E-state index contributed by atoms with van der Waals surface area (Å²) in [5.74, 6) is 0.326. The molecule has 0 unspecified atom stereocenters. The van der Waals surface area contributed by atoms with E-state index in [-0.39, 0.29) is 27.9 Å². The van der Waals surface area contributed by atoms with Crippen LogP contribution in [0.1, 0.15) is 20.6 Å². The van der Waals surface area contributed by atoms with Crippen molar-refractivity contribution >= 4 is 32.6 Å². The van der Waals surface area contributed by atoms with E-state index in [1.165, 1.54) is 6.07 Å². The third kappa shape index (κ3) is 5.32. The van der Waals surface area contributed by atoms with Gasteiger partial charge in [-0.15, -0.1) is 0 Å². The van der Waals surface area contributed by atoms with Crippen molar-refractivity contribution in [3.8, 4) is 61.6 Å². The van der Waals surface area contributed by atoms with Gasteiger partial charge in [-0.2, -0.15) is 0 Å². The first-order valence-electron chi connectivity index (χ1n) is 24.4. The number of hydrogen-bond donors (Lipinski definition) is 0. The van der Waals surface area contributed by atoms with E-state index < -0.39 is 90.6 Å². The SMILES string of the molecule is [2H]c1c([2H])c([2H])c(-c2cc(-c3c([2H])c([2H])c([2H])c([2H])c3[2H])cc(-c3c4ccccc4c(-c4ccccc4-c4nc5ccccc5n4-c4c([2H])c([2H])c([2H])c([2H])c4[2H])c4ccccc34)c2)c([2H])c1[2H]. The van der Waals surface area contributed by atoms with E-state index in [2.05, 4.69) is 0 Å². The van der Waals surface area contributed by atoms with Crippen LogP contribution < -0.4 is 0 Å². The summed E-state index contributed by atoms with van der Waals surface area (Å²) in [6, 6.07) is 27.2. The summed E-state index contributed by atoms with van der Waals surface area (Å²) in [5, 5.41) is 2.91. The highest BCUT2D eigenvalue weighted by Gasteiger charge is 2.22. The standard InChI is InChI=1S/C51H34N2/c1-4-18-35(19-5-1)37-32-38(36-20-6-2-7-21-36)34-39(33-37)49-41-24-10-12-26-43(41)50(44-27-13-11-25-42(44)49)45-28-14-15-29-46(45)51-52-47-30-16-17-31-48(47)53(51)40-22-8-3-9-23-40/h1-34H/i1D,2D,3D,4D,5D,6D,7D,8D,9D,18D,19D,20D,21D,22D,23D. The van der Waals surface area contributed by atoms with Gasteiger partial charge in [0.05, 0.1) is 31.6 Å². The number of fused-ring (bicyclic) bond motifs is 3. The Kier molecular flexibility index (Phi) is 4.64. The van der Waals surface area contributed by atoms with E-state index in [4.69, 9.17) is 25.5 Å². The van der Waals surface area contributed by atoms with Gasteiger partial charge in [0.25, 0.3) is 0 Å². The second-order valence-electron chi connectivity index (χ2n) is 12.4. The smallest absolute Gasteiger partial charge is 0.146 e. The maximum Gasteiger partial charge on any atom is 0.146 e. The van der Waals surface area contributed by atoms with Gasteiger partial charge in [-0.1, -0.05) is 163 Å². The van der Waals surface area contributed by atoms with Gasteiger partial charge < -0.3 is 0 Å². The van der Waals surface area contributed by atoms with Crippen molar-refractivity contribution in [2.75, 3.05) is 0 Å². The third-order valence-electron chi connectivity index (χ3n) is 9.44. The number of para-hydroxylation sites is 3. The van der Waals surface area contributed by atoms with Gasteiger partial charge in [0.15, 0.2) is 0 Å². The van der Waals surface area contributed by atoms with Crippen LogP contribution in [0.15, 0.2) is 206 Å². The van der Waals surface area contributed by atoms with E-state index in [0.717, 1.165) is 16.3 Å². The Morgan fingerprint density at radius 1 is 0.396 bits per heavy atom. The zero-order valence-corrected chi connectivity index (χ0v) is 27.9. The van der Waals surface area contributed by atoms with Crippen LogP contribution in [0.3, 0.4) is 0 Å². The molecule has 0 spiro atoms. The van der Waals surface area contributed by atoms with E-state index in [0.29, 0.717) is 49.9 Å². The van der Waals surface area contributed by atoms with Crippen LogP contribution in [0, 0.1) is 0 Å². The van der Waals surface area contributed by atoms with Crippen molar-refractivity contribution in [3.63, 3.8) is 0 Å². The number of imidazole rings is 1. The molecule has 0 radical (unpaired) electrons. The maximum absolute atomic E-state index is 9.02.